The third-order valence-corrected chi connectivity index (χ3v) is 13.2. The first-order valence-corrected chi connectivity index (χ1v) is 22.9. The minimum atomic E-state index is -0.204. The summed E-state index contributed by atoms with van der Waals surface area (Å²) in [5.74, 6) is 0.190. The quantitative estimate of drug-likeness (QED) is 0.118. The summed E-state index contributed by atoms with van der Waals surface area (Å²) in [6.07, 6.45) is 0. The Balaban J connectivity index is 0.000000196. The topological polar surface area (TPSA) is 87.6 Å². The van der Waals surface area contributed by atoms with E-state index in [2.05, 4.69) is 47.3 Å². The lowest BCUT2D eigenvalue weighted by molar-refractivity contribution is 0.0190. The molecule has 6 aromatic rings. The first-order chi connectivity index (χ1) is 31.6. The highest BCUT2D eigenvalue weighted by atomic mass is 19.1. The summed E-state index contributed by atoms with van der Waals surface area (Å²) in [5, 5.41) is 20.3. The number of rotatable bonds is 12. The highest BCUT2D eigenvalue weighted by Gasteiger charge is 2.37. The standard InChI is InChI=1S/2C28H31FN2O2/c1-19-17-31(20(2)16-30(19)18-22-6-4-8-26(29)14-22)28(25-7-5-9-27(33)15-25)24-12-10-23(11-13-24)21(3)32;1-19-17-31(20(2)16-30(19)18-25-7-4-5-10-27(25)29)28(24-8-6-9-26(33)15-24)23-13-11-22(12-14-23)21(3)32/h2*4-15,19-20,28,33H,16-18H2,1-3H3/t2*19-,20+,28+/m11/s1. The molecule has 0 bridgehead atoms. The van der Waals surface area contributed by atoms with Crippen molar-refractivity contribution >= 4 is 11.6 Å². The second kappa shape index (κ2) is 21.5. The number of Topliss-reactive ketones (excluding diaryl/α,β-unsaturated/α-hetero) is 2. The van der Waals surface area contributed by atoms with Crippen molar-refractivity contribution in [2.75, 3.05) is 26.2 Å². The summed E-state index contributed by atoms with van der Waals surface area (Å²) in [6.45, 7) is 16.5. The Kier molecular flexibility index (Phi) is 15.6. The summed E-state index contributed by atoms with van der Waals surface area (Å²) in [4.78, 5) is 33.2. The highest BCUT2D eigenvalue weighted by molar-refractivity contribution is 5.94. The van der Waals surface area contributed by atoms with Gasteiger partial charge in [0.15, 0.2) is 11.6 Å². The van der Waals surface area contributed by atoms with Gasteiger partial charge in [-0.2, -0.15) is 0 Å². The van der Waals surface area contributed by atoms with Gasteiger partial charge in [0.1, 0.15) is 23.1 Å². The third-order valence-electron chi connectivity index (χ3n) is 13.2. The second-order valence-corrected chi connectivity index (χ2v) is 18.2. The van der Waals surface area contributed by atoms with Gasteiger partial charge >= 0.3 is 0 Å². The molecule has 2 fully saturated rings. The lowest BCUT2D eigenvalue weighted by atomic mass is 9.92. The number of halogens is 2. The number of carbonyl (C=O) groups is 2. The molecule has 6 atom stereocenters. The summed E-state index contributed by atoms with van der Waals surface area (Å²) < 4.78 is 27.9. The van der Waals surface area contributed by atoms with Crippen molar-refractivity contribution in [1.82, 2.24) is 19.6 Å². The zero-order valence-electron chi connectivity index (χ0n) is 38.8. The summed E-state index contributed by atoms with van der Waals surface area (Å²) in [7, 11) is 0. The minimum absolute atomic E-state index is 0.0409. The maximum absolute atomic E-state index is 14.3. The number of hydrogen-bond acceptors (Lipinski definition) is 8. The van der Waals surface area contributed by atoms with Crippen LogP contribution in [0.4, 0.5) is 8.78 Å². The van der Waals surface area contributed by atoms with Crippen molar-refractivity contribution in [2.24, 2.45) is 0 Å². The van der Waals surface area contributed by atoms with Crippen LogP contribution in [0.1, 0.15) is 108 Å². The van der Waals surface area contributed by atoms with Crippen molar-refractivity contribution in [3.8, 4) is 11.5 Å². The smallest absolute Gasteiger partial charge is 0.159 e. The fraction of sp³-hybridized carbons (Fsp3) is 0.321. The minimum Gasteiger partial charge on any atom is -0.508 e. The van der Waals surface area contributed by atoms with E-state index in [0.717, 1.165) is 54.0 Å². The lowest BCUT2D eigenvalue weighted by Crippen LogP contribution is -2.56. The average molecular weight is 893 g/mol. The Hall–Kier alpha value is -6.04. The molecular formula is C56H62F2N4O4. The van der Waals surface area contributed by atoms with Crippen LogP contribution in [0.3, 0.4) is 0 Å². The van der Waals surface area contributed by atoms with Crippen LogP contribution in [0.25, 0.3) is 0 Å². The zero-order chi connectivity index (χ0) is 47.1. The van der Waals surface area contributed by atoms with Crippen molar-refractivity contribution in [3.05, 3.63) is 202 Å². The molecule has 10 heteroatoms. The van der Waals surface area contributed by atoms with E-state index >= 15 is 0 Å². The molecule has 0 aromatic heterocycles. The van der Waals surface area contributed by atoms with Crippen molar-refractivity contribution < 1.29 is 28.6 Å². The number of phenols is 2. The molecule has 2 heterocycles. The third kappa shape index (κ3) is 11.7. The van der Waals surface area contributed by atoms with Crippen LogP contribution >= 0.6 is 0 Å². The maximum atomic E-state index is 14.3. The van der Waals surface area contributed by atoms with E-state index in [1.165, 1.54) is 12.1 Å². The summed E-state index contributed by atoms with van der Waals surface area (Å²) in [6, 6.07) is 44.9. The van der Waals surface area contributed by atoms with E-state index in [-0.39, 0.29) is 71.0 Å². The van der Waals surface area contributed by atoms with Gasteiger partial charge in [-0.3, -0.25) is 29.2 Å². The number of piperazine rings is 2. The predicted molar refractivity (Wildman–Crippen MR) is 258 cm³/mol. The molecule has 66 heavy (non-hydrogen) atoms. The zero-order valence-corrected chi connectivity index (χ0v) is 38.8. The summed E-state index contributed by atoms with van der Waals surface area (Å²) >= 11 is 0. The number of hydrogen-bond donors (Lipinski definition) is 2. The number of ketones is 2. The number of phenolic OH excluding ortho intramolecular Hbond substituents is 2. The SMILES string of the molecule is CC(=O)c1ccc([C@@H](c2cccc(O)c2)N2C[C@@H](C)N(Cc3cccc(F)c3)C[C@@H]2C)cc1.CC(=O)c1ccc([C@@H](c2cccc(O)c2)N2C[C@@H](C)N(Cc3ccccc3F)C[C@@H]2C)cc1. The van der Waals surface area contributed by atoms with E-state index in [9.17, 15) is 28.6 Å². The molecular weight excluding hydrogens is 831 g/mol. The number of carbonyl (C=O) groups excluding carboxylic acids is 2. The Bertz CT molecular complexity index is 2590. The van der Waals surface area contributed by atoms with Crippen LogP contribution in [-0.4, -0.2) is 91.7 Å². The molecule has 0 amide bonds. The van der Waals surface area contributed by atoms with Gasteiger partial charge < -0.3 is 10.2 Å². The monoisotopic (exact) mass is 892 g/mol. The van der Waals surface area contributed by atoms with Crippen LogP contribution in [-0.2, 0) is 13.1 Å². The molecule has 6 aromatic carbocycles. The number of nitrogens with zero attached hydrogens (tertiary/aromatic N) is 4. The van der Waals surface area contributed by atoms with E-state index in [1.54, 1.807) is 44.2 Å². The van der Waals surface area contributed by atoms with E-state index in [4.69, 9.17) is 0 Å². The second-order valence-electron chi connectivity index (χ2n) is 18.2. The fourth-order valence-electron chi connectivity index (χ4n) is 9.67. The Labute approximate surface area is 388 Å². The molecule has 2 N–H and O–H groups in total. The van der Waals surface area contributed by atoms with Gasteiger partial charge in [-0.1, -0.05) is 103 Å². The first-order valence-electron chi connectivity index (χ1n) is 22.9. The Morgan fingerprint density at radius 1 is 0.515 bits per heavy atom. The predicted octanol–water partition coefficient (Wildman–Crippen LogP) is 10.8. The average Bonchev–Trinajstić information content (AvgIpc) is 3.28. The first kappa shape index (κ1) is 47.9. The van der Waals surface area contributed by atoms with Crippen LogP contribution in [0.5, 0.6) is 11.5 Å². The van der Waals surface area contributed by atoms with Crippen LogP contribution in [0.15, 0.2) is 146 Å². The molecule has 0 spiro atoms. The van der Waals surface area contributed by atoms with Gasteiger partial charge in [0.25, 0.3) is 0 Å². The normalized spacial score (nSPS) is 20.5. The molecule has 0 aliphatic carbocycles. The molecule has 0 radical (unpaired) electrons. The van der Waals surface area contributed by atoms with Gasteiger partial charge in [-0.25, -0.2) is 8.78 Å². The van der Waals surface area contributed by atoms with Gasteiger partial charge in [0, 0.05) is 80.1 Å². The van der Waals surface area contributed by atoms with Gasteiger partial charge in [-0.15, -0.1) is 0 Å². The Morgan fingerprint density at radius 2 is 0.970 bits per heavy atom. The molecule has 0 unspecified atom stereocenters. The summed E-state index contributed by atoms with van der Waals surface area (Å²) in [5.41, 5.74) is 7.26. The molecule has 2 saturated heterocycles. The van der Waals surface area contributed by atoms with Gasteiger partial charge in [-0.05, 0) is 112 Å². The molecule has 2 aliphatic rings. The van der Waals surface area contributed by atoms with Gasteiger partial charge in [0.2, 0.25) is 0 Å². The molecule has 2 aliphatic heterocycles. The molecule has 8 nitrogen and oxygen atoms in total. The van der Waals surface area contributed by atoms with Crippen molar-refractivity contribution in [1.29, 1.82) is 0 Å². The molecule has 344 valence electrons. The van der Waals surface area contributed by atoms with Crippen LogP contribution < -0.4 is 0 Å². The van der Waals surface area contributed by atoms with Crippen molar-refractivity contribution in [2.45, 2.75) is 90.9 Å². The Morgan fingerprint density at radius 3 is 1.41 bits per heavy atom. The van der Waals surface area contributed by atoms with Gasteiger partial charge in [0.05, 0.1) is 12.1 Å². The van der Waals surface area contributed by atoms with Crippen LogP contribution in [0, 0.1) is 11.6 Å². The largest absolute Gasteiger partial charge is 0.508 e. The molecule has 8 rings (SSSR count). The highest BCUT2D eigenvalue weighted by Crippen LogP contribution is 2.37. The fourth-order valence-corrected chi connectivity index (χ4v) is 9.67. The van der Waals surface area contributed by atoms with Crippen LogP contribution in [0.2, 0.25) is 0 Å². The molecule has 0 saturated carbocycles. The number of benzene rings is 6. The van der Waals surface area contributed by atoms with E-state index in [0.29, 0.717) is 29.8 Å². The van der Waals surface area contributed by atoms with E-state index in [1.807, 2.05) is 103 Å². The van der Waals surface area contributed by atoms with Crippen molar-refractivity contribution in [3.63, 3.8) is 0 Å². The number of aromatic hydroxyl groups is 2. The lowest BCUT2D eigenvalue weighted by Gasteiger charge is -2.47. The van der Waals surface area contributed by atoms with E-state index < -0.39 is 0 Å². The maximum Gasteiger partial charge on any atom is 0.159 e.